The number of ether oxygens (including phenoxy) is 1. The van der Waals surface area contributed by atoms with Gasteiger partial charge in [0.25, 0.3) is 10.1 Å². The number of hydrogen-bond donors (Lipinski definition) is 1. The zero-order valence-electron chi connectivity index (χ0n) is 18.7. The van der Waals surface area contributed by atoms with E-state index in [0.29, 0.717) is 16.5 Å². The third-order valence-electron chi connectivity index (χ3n) is 5.82. The summed E-state index contributed by atoms with van der Waals surface area (Å²) in [4.78, 5) is -0.0603. The van der Waals surface area contributed by atoms with Crippen molar-refractivity contribution >= 4 is 20.9 Å². The molecule has 0 aliphatic rings. The summed E-state index contributed by atoms with van der Waals surface area (Å²) in [5, 5.41) is 1.22. The van der Waals surface area contributed by atoms with Crippen LogP contribution in [0, 0.1) is 0 Å². The first-order chi connectivity index (χ1) is 14.5. The normalized spacial score (nSPS) is 11.8. The maximum atomic E-state index is 11.7. The molecule has 2 rings (SSSR count). The molecule has 0 unspecified atom stereocenters. The lowest BCUT2D eigenvalue weighted by Crippen LogP contribution is -2.00. The standard InChI is InChI=1S/C25H38O4S/c1-3-4-5-6-7-8-9-10-11-12-13-14-15-21-16-17-22-23(20-21)25(30(26,27)28)19-18-24(22)29-2/h16-20H,3-15H2,1-2H3,(H,26,27,28). The minimum Gasteiger partial charge on any atom is -0.496 e. The highest BCUT2D eigenvalue weighted by atomic mass is 32.2. The monoisotopic (exact) mass is 434 g/mol. The Hall–Kier alpha value is -1.59. The molecule has 0 aliphatic heterocycles. The van der Waals surface area contributed by atoms with E-state index in [0.717, 1.165) is 18.4 Å². The molecule has 0 spiro atoms. The molecule has 4 nitrogen and oxygen atoms in total. The Balaban J connectivity index is 1.76. The molecule has 0 saturated heterocycles. The predicted molar refractivity (Wildman–Crippen MR) is 125 cm³/mol. The molecule has 0 radical (unpaired) electrons. The number of hydrogen-bond acceptors (Lipinski definition) is 3. The fourth-order valence-corrected chi connectivity index (χ4v) is 4.76. The van der Waals surface area contributed by atoms with Crippen LogP contribution < -0.4 is 4.74 Å². The van der Waals surface area contributed by atoms with Crippen LogP contribution in [0.4, 0.5) is 0 Å². The van der Waals surface area contributed by atoms with Crippen LogP contribution in [-0.2, 0) is 16.5 Å². The summed E-state index contributed by atoms with van der Waals surface area (Å²) in [6.07, 6.45) is 16.7. The highest BCUT2D eigenvalue weighted by Crippen LogP contribution is 2.32. The van der Waals surface area contributed by atoms with Crippen LogP contribution in [-0.4, -0.2) is 20.1 Å². The topological polar surface area (TPSA) is 63.6 Å². The van der Waals surface area contributed by atoms with Gasteiger partial charge in [0.1, 0.15) is 10.6 Å². The van der Waals surface area contributed by atoms with Gasteiger partial charge in [0, 0.05) is 10.8 Å². The number of fused-ring (bicyclic) bond motifs is 1. The maximum Gasteiger partial charge on any atom is 0.295 e. The van der Waals surface area contributed by atoms with E-state index in [1.807, 2.05) is 18.2 Å². The minimum absolute atomic E-state index is 0.0603. The zero-order valence-corrected chi connectivity index (χ0v) is 19.5. The summed E-state index contributed by atoms with van der Waals surface area (Å²) in [6.45, 7) is 2.26. The molecule has 0 amide bonds. The lowest BCUT2D eigenvalue weighted by atomic mass is 10.0. The molecule has 1 N–H and O–H groups in total. The lowest BCUT2D eigenvalue weighted by molar-refractivity contribution is 0.419. The van der Waals surface area contributed by atoms with Crippen molar-refractivity contribution in [3.8, 4) is 5.75 Å². The van der Waals surface area contributed by atoms with Crippen molar-refractivity contribution < 1.29 is 17.7 Å². The van der Waals surface area contributed by atoms with E-state index in [2.05, 4.69) is 6.92 Å². The molecular formula is C25H38O4S. The first kappa shape index (κ1) is 24.7. The van der Waals surface area contributed by atoms with Crippen LogP contribution in [0.1, 0.15) is 89.5 Å². The van der Waals surface area contributed by atoms with Gasteiger partial charge in [-0.3, -0.25) is 4.55 Å². The van der Waals surface area contributed by atoms with Gasteiger partial charge in [-0.1, -0.05) is 89.7 Å². The summed E-state index contributed by atoms with van der Waals surface area (Å²) in [7, 11) is -2.72. The quantitative estimate of drug-likeness (QED) is 0.235. The van der Waals surface area contributed by atoms with Crippen molar-refractivity contribution in [2.45, 2.75) is 95.3 Å². The van der Waals surface area contributed by atoms with Crippen LogP contribution in [0.15, 0.2) is 35.2 Å². The van der Waals surface area contributed by atoms with Gasteiger partial charge in [-0.2, -0.15) is 8.42 Å². The molecule has 2 aromatic rings. The van der Waals surface area contributed by atoms with Gasteiger partial charge in [0.2, 0.25) is 0 Å². The Labute approximate surface area is 182 Å². The molecule has 2 aromatic carbocycles. The number of benzene rings is 2. The highest BCUT2D eigenvalue weighted by Gasteiger charge is 2.16. The Morgan fingerprint density at radius 3 is 1.87 bits per heavy atom. The first-order valence-corrected chi connectivity index (χ1v) is 13.0. The Morgan fingerprint density at radius 2 is 1.33 bits per heavy atom. The number of rotatable bonds is 15. The van der Waals surface area contributed by atoms with Crippen molar-refractivity contribution in [1.29, 1.82) is 0 Å². The third-order valence-corrected chi connectivity index (χ3v) is 6.73. The molecule has 5 heteroatoms. The van der Waals surface area contributed by atoms with Gasteiger partial charge in [-0.15, -0.1) is 0 Å². The van der Waals surface area contributed by atoms with Crippen molar-refractivity contribution in [2.24, 2.45) is 0 Å². The van der Waals surface area contributed by atoms with Gasteiger partial charge in [-0.05, 0) is 36.6 Å². The minimum atomic E-state index is -4.27. The first-order valence-electron chi connectivity index (χ1n) is 11.5. The summed E-state index contributed by atoms with van der Waals surface area (Å²) in [5.41, 5.74) is 1.09. The number of methoxy groups -OCH3 is 1. The maximum absolute atomic E-state index is 11.7. The van der Waals surface area contributed by atoms with Crippen molar-refractivity contribution in [3.63, 3.8) is 0 Å². The zero-order chi connectivity index (χ0) is 21.8. The summed E-state index contributed by atoms with van der Waals surface area (Å²) >= 11 is 0. The van der Waals surface area contributed by atoms with E-state index in [1.165, 1.54) is 76.7 Å². The average Bonchev–Trinajstić information content (AvgIpc) is 2.72. The Bertz CT molecular complexity index is 874. The lowest BCUT2D eigenvalue weighted by Gasteiger charge is -2.11. The highest BCUT2D eigenvalue weighted by molar-refractivity contribution is 7.86. The number of aryl methyl sites for hydroxylation is 1. The van der Waals surface area contributed by atoms with E-state index in [4.69, 9.17) is 4.74 Å². The Kier molecular flexibility index (Phi) is 10.7. The van der Waals surface area contributed by atoms with E-state index >= 15 is 0 Å². The molecule has 0 bridgehead atoms. The molecule has 0 saturated carbocycles. The van der Waals surface area contributed by atoms with Crippen LogP contribution >= 0.6 is 0 Å². The van der Waals surface area contributed by atoms with Gasteiger partial charge in [-0.25, -0.2) is 0 Å². The Morgan fingerprint density at radius 1 is 0.767 bits per heavy atom. The molecular weight excluding hydrogens is 396 g/mol. The summed E-state index contributed by atoms with van der Waals surface area (Å²) in [6, 6.07) is 8.77. The van der Waals surface area contributed by atoms with Crippen LogP contribution in [0.3, 0.4) is 0 Å². The fourth-order valence-electron chi connectivity index (χ4n) is 4.07. The average molecular weight is 435 g/mol. The van der Waals surface area contributed by atoms with E-state index in [1.54, 1.807) is 13.2 Å². The molecule has 0 atom stereocenters. The van der Waals surface area contributed by atoms with Crippen LogP contribution in [0.25, 0.3) is 10.8 Å². The van der Waals surface area contributed by atoms with E-state index in [-0.39, 0.29) is 4.90 Å². The molecule has 0 fully saturated rings. The van der Waals surface area contributed by atoms with Gasteiger partial charge >= 0.3 is 0 Å². The molecule has 0 aromatic heterocycles. The SMILES string of the molecule is CCCCCCCCCCCCCCc1ccc2c(OC)ccc(S(=O)(=O)O)c2c1. The van der Waals surface area contributed by atoms with Gasteiger partial charge in [0.15, 0.2) is 0 Å². The van der Waals surface area contributed by atoms with Crippen LogP contribution in [0.2, 0.25) is 0 Å². The van der Waals surface area contributed by atoms with Crippen molar-refractivity contribution in [3.05, 3.63) is 35.9 Å². The van der Waals surface area contributed by atoms with Gasteiger partial charge < -0.3 is 4.74 Å². The van der Waals surface area contributed by atoms with Gasteiger partial charge in [0.05, 0.1) is 7.11 Å². The van der Waals surface area contributed by atoms with E-state index < -0.39 is 10.1 Å². The molecule has 30 heavy (non-hydrogen) atoms. The molecule has 168 valence electrons. The van der Waals surface area contributed by atoms with Crippen molar-refractivity contribution in [1.82, 2.24) is 0 Å². The fraction of sp³-hybridized carbons (Fsp3) is 0.600. The largest absolute Gasteiger partial charge is 0.496 e. The van der Waals surface area contributed by atoms with Crippen LogP contribution in [0.5, 0.6) is 5.75 Å². The molecule has 0 aliphatic carbocycles. The summed E-state index contributed by atoms with van der Waals surface area (Å²) < 4.78 is 38.4. The second-order valence-corrected chi connectivity index (χ2v) is 9.65. The summed E-state index contributed by atoms with van der Waals surface area (Å²) in [5.74, 6) is 0.606. The third kappa shape index (κ3) is 7.92. The van der Waals surface area contributed by atoms with Crippen molar-refractivity contribution in [2.75, 3.05) is 7.11 Å². The predicted octanol–water partition coefficient (Wildman–Crippen LogP) is 7.34. The van der Waals surface area contributed by atoms with E-state index in [9.17, 15) is 13.0 Å². The number of unbranched alkanes of at least 4 members (excludes halogenated alkanes) is 11. The smallest absolute Gasteiger partial charge is 0.295 e. The molecule has 0 heterocycles. The second-order valence-electron chi connectivity index (χ2n) is 8.26. The second kappa shape index (κ2) is 13.0.